The Balaban J connectivity index is 1.79. The van der Waals surface area contributed by atoms with Crippen molar-refractivity contribution in [2.24, 2.45) is 0 Å². The molecular formula is C18H17N3O4. The van der Waals surface area contributed by atoms with Gasteiger partial charge in [0.1, 0.15) is 5.75 Å². The molecule has 7 heteroatoms. The van der Waals surface area contributed by atoms with Crippen molar-refractivity contribution >= 4 is 5.69 Å². The fraction of sp³-hybridized carbons (Fsp3) is 0.222. The van der Waals surface area contributed by atoms with E-state index in [0.717, 1.165) is 5.56 Å². The van der Waals surface area contributed by atoms with E-state index in [2.05, 4.69) is 10.1 Å². The Morgan fingerprint density at radius 1 is 1.16 bits per heavy atom. The fourth-order valence-electron chi connectivity index (χ4n) is 2.32. The van der Waals surface area contributed by atoms with Gasteiger partial charge < -0.3 is 9.26 Å². The second kappa shape index (κ2) is 6.72. The minimum atomic E-state index is -0.462. The van der Waals surface area contributed by atoms with Crippen LogP contribution >= 0.6 is 0 Å². The normalized spacial score (nSPS) is 12.0. The average molecular weight is 339 g/mol. The summed E-state index contributed by atoms with van der Waals surface area (Å²) in [6.45, 7) is 5.85. The van der Waals surface area contributed by atoms with Crippen molar-refractivity contribution in [2.75, 3.05) is 0 Å². The molecule has 0 saturated carbocycles. The number of aromatic nitrogens is 2. The summed E-state index contributed by atoms with van der Waals surface area (Å²) in [5, 5.41) is 14.8. The highest BCUT2D eigenvalue weighted by molar-refractivity contribution is 5.58. The topological polar surface area (TPSA) is 91.3 Å². The number of nitro groups is 1. The number of non-ortho nitro benzene ring substituents is 1. The lowest BCUT2D eigenvalue weighted by Crippen LogP contribution is -2.03. The fourth-order valence-corrected chi connectivity index (χ4v) is 2.32. The van der Waals surface area contributed by atoms with Crippen LogP contribution in [0.25, 0.3) is 11.4 Å². The van der Waals surface area contributed by atoms with Crippen LogP contribution in [0.4, 0.5) is 5.69 Å². The minimum Gasteiger partial charge on any atom is -0.481 e. The number of rotatable bonds is 5. The van der Waals surface area contributed by atoms with Crippen molar-refractivity contribution in [2.45, 2.75) is 26.9 Å². The van der Waals surface area contributed by atoms with Crippen LogP contribution in [-0.4, -0.2) is 15.1 Å². The standard InChI is InChI=1S/C18H17N3O4/c1-11-7-8-16(9-12(11)2)24-13(3)18-19-17(20-25-18)14-5-4-6-15(10-14)21(22)23/h4-10,13H,1-3H3. The SMILES string of the molecule is Cc1ccc(OC(C)c2nc(-c3cccc([N+](=O)[O-])c3)no2)cc1C. The van der Waals surface area contributed by atoms with Gasteiger partial charge in [-0.05, 0) is 44.0 Å². The Bertz CT molecular complexity index is 920. The molecule has 0 aliphatic rings. The first kappa shape index (κ1) is 16.6. The van der Waals surface area contributed by atoms with E-state index >= 15 is 0 Å². The van der Waals surface area contributed by atoms with E-state index in [-0.39, 0.29) is 11.5 Å². The van der Waals surface area contributed by atoms with Crippen LogP contribution in [0.5, 0.6) is 5.75 Å². The first-order chi connectivity index (χ1) is 11.9. The van der Waals surface area contributed by atoms with Crippen LogP contribution in [0.2, 0.25) is 0 Å². The number of nitro benzene ring substituents is 1. The quantitative estimate of drug-likeness (QED) is 0.505. The molecule has 3 rings (SSSR count). The maximum atomic E-state index is 10.9. The van der Waals surface area contributed by atoms with Gasteiger partial charge in [0, 0.05) is 17.7 Å². The summed E-state index contributed by atoms with van der Waals surface area (Å²) >= 11 is 0. The molecule has 0 saturated heterocycles. The third kappa shape index (κ3) is 3.65. The molecule has 1 atom stereocenters. The monoisotopic (exact) mass is 339 g/mol. The first-order valence-corrected chi connectivity index (χ1v) is 7.76. The Morgan fingerprint density at radius 3 is 2.68 bits per heavy atom. The van der Waals surface area contributed by atoms with Crippen LogP contribution in [0.1, 0.15) is 30.0 Å². The maximum absolute atomic E-state index is 10.9. The van der Waals surface area contributed by atoms with Gasteiger partial charge in [-0.15, -0.1) is 0 Å². The minimum absolute atomic E-state index is 0.0247. The zero-order valence-corrected chi connectivity index (χ0v) is 14.1. The van der Waals surface area contributed by atoms with Gasteiger partial charge in [-0.1, -0.05) is 23.4 Å². The summed E-state index contributed by atoms with van der Waals surface area (Å²) in [4.78, 5) is 14.7. The lowest BCUT2D eigenvalue weighted by Gasteiger charge is -2.12. The number of benzene rings is 2. The second-order valence-corrected chi connectivity index (χ2v) is 5.77. The van der Waals surface area contributed by atoms with Gasteiger partial charge in [-0.2, -0.15) is 4.98 Å². The van der Waals surface area contributed by atoms with E-state index < -0.39 is 11.0 Å². The van der Waals surface area contributed by atoms with Crippen molar-refractivity contribution in [3.63, 3.8) is 0 Å². The zero-order valence-electron chi connectivity index (χ0n) is 14.1. The van der Waals surface area contributed by atoms with Crippen LogP contribution in [-0.2, 0) is 0 Å². The molecular weight excluding hydrogens is 322 g/mol. The molecule has 3 aromatic rings. The zero-order chi connectivity index (χ0) is 18.0. The molecule has 0 radical (unpaired) electrons. The molecule has 1 unspecified atom stereocenters. The predicted octanol–water partition coefficient (Wildman–Crippen LogP) is 4.40. The van der Waals surface area contributed by atoms with Crippen molar-refractivity contribution < 1.29 is 14.2 Å². The highest BCUT2D eigenvalue weighted by atomic mass is 16.6. The summed E-state index contributed by atoms with van der Waals surface area (Å²) in [7, 11) is 0. The number of hydrogen-bond donors (Lipinski definition) is 0. The van der Waals surface area contributed by atoms with E-state index in [1.807, 2.05) is 32.0 Å². The van der Waals surface area contributed by atoms with Gasteiger partial charge in [0.15, 0.2) is 6.10 Å². The Kier molecular flexibility index (Phi) is 4.47. The Morgan fingerprint density at radius 2 is 1.96 bits per heavy atom. The molecule has 0 spiro atoms. The van der Waals surface area contributed by atoms with Crippen LogP contribution in [0.15, 0.2) is 47.0 Å². The van der Waals surface area contributed by atoms with E-state index in [4.69, 9.17) is 9.26 Å². The summed E-state index contributed by atoms with van der Waals surface area (Å²) in [6, 6.07) is 11.9. The van der Waals surface area contributed by atoms with Crippen molar-refractivity contribution in [3.05, 3.63) is 69.6 Å². The summed E-state index contributed by atoms with van der Waals surface area (Å²) in [5.74, 6) is 1.31. The van der Waals surface area contributed by atoms with Gasteiger partial charge in [0.05, 0.1) is 4.92 Å². The van der Waals surface area contributed by atoms with Gasteiger partial charge in [-0.25, -0.2) is 0 Å². The van der Waals surface area contributed by atoms with Gasteiger partial charge >= 0.3 is 0 Å². The number of hydrogen-bond acceptors (Lipinski definition) is 6. The Labute approximate surface area is 144 Å². The molecule has 0 bridgehead atoms. The average Bonchev–Trinajstić information content (AvgIpc) is 3.08. The molecule has 128 valence electrons. The summed E-state index contributed by atoms with van der Waals surface area (Å²) in [5.41, 5.74) is 2.81. The van der Waals surface area contributed by atoms with Gasteiger partial charge in [0.2, 0.25) is 5.82 Å². The molecule has 0 fully saturated rings. The lowest BCUT2D eigenvalue weighted by atomic mass is 10.1. The van der Waals surface area contributed by atoms with E-state index in [9.17, 15) is 10.1 Å². The maximum Gasteiger partial charge on any atom is 0.270 e. The molecule has 1 aromatic heterocycles. The van der Waals surface area contributed by atoms with Crippen molar-refractivity contribution in [1.29, 1.82) is 0 Å². The highest BCUT2D eigenvalue weighted by Gasteiger charge is 2.18. The van der Waals surface area contributed by atoms with Crippen LogP contribution < -0.4 is 4.74 Å². The molecule has 25 heavy (non-hydrogen) atoms. The molecule has 7 nitrogen and oxygen atoms in total. The Hall–Kier alpha value is -3.22. The first-order valence-electron chi connectivity index (χ1n) is 7.76. The van der Waals surface area contributed by atoms with Gasteiger partial charge in [-0.3, -0.25) is 10.1 Å². The van der Waals surface area contributed by atoms with Crippen LogP contribution in [0, 0.1) is 24.0 Å². The number of nitrogens with zero attached hydrogens (tertiary/aromatic N) is 3. The van der Waals surface area contributed by atoms with E-state index in [1.165, 1.54) is 17.7 Å². The molecule has 0 aliphatic carbocycles. The van der Waals surface area contributed by atoms with Crippen molar-refractivity contribution in [1.82, 2.24) is 10.1 Å². The van der Waals surface area contributed by atoms with Crippen LogP contribution in [0.3, 0.4) is 0 Å². The summed E-state index contributed by atoms with van der Waals surface area (Å²) < 4.78 is 11.1. The largest absolute Gasteiger partial charge is 0.481 e. The molecule has 0 aliphatic heterocycles. The lowest BCUT2D eigenvalue weighted by molar-refractivity contribution is -0.384. The predicted molar refractivity (Wildman–Crippen MR) is 91.3 cm³/mol. The van der Waals surface area contributed by atoms with Gasteiger partial charge in [0.25, 0.3) is 11.6 Å². The molecule has 0 amide bonds. The molecule has 2 aromatic carbocycles. The second-order valence-electron chi connectivity index (χ2n) is 5.77. The van der Waals surface area contributed by atoms with E-state index in [1.54, 1.807) is 19.1 Å². The third-order valence-corrected chi connectivity index (χ3v) is 3.90. The summed E-state index contributed by atoms with van der Waals surface area (Å²) in [6.07, 6.45) is -0.443. The smallest absolute Gasteiger partial charge is 0.270 e. The third-order valence-electron chi connectivity index (χ3n) is 3.90. The highest BCUT2D eigenvalue weighted by Crippen LogP contribution is 2.26. The van der Waals surface area contributed by atoms with E-state index in [0.29, 0.717) is 17.2 Å². The number of ether oxygens (including phenoxy) is 1. The van der Waals surface area contributed by atoms with Crippen molar-refractivity contribution in [3.8, 4) is 17.1 Å². The number of aryl methyl sites for hydroxylation is 2. The molecule has 1 heterocycles. The molecule has 0 N–H and O–H groups in total.